The van der Waals surface area contributed by atoms with E-state index in [1.54, 1.807) is 0 Å². The van der Waals surface area contributed by atoms with E-state index in [9.17, 15) is 5.11 Å². The molecule has 0 amide bonds. The van der Waals surface area contributed by atoms with Gasteiger partial charge >= 0.3 is 0 Å². The first-order valence-corrected chi connectivity index (χ1v) is 7.33. The lowest BCUT2D eigenvalue weighted by Crippen LogP contribution is -2.54. The molecule has 0 radical (unpaired) electrons. The van der Waals surface area contributed by atoms with Gasteiger partial charge in [0, 0.05) is 6.04 Å². The Bertz CT molecular complexity index is 455. The summed E-state index contributed by atoms with van der Waals surface area (Å²) < 4.78 is 6.13. The van der Waals surface area contributed by atoms with Gasteiger partial charge in [0.25, 0.3) is 0 Å². The Kier molecular flexibility index (Phi) is 3.98. The van der Waals surface area contributed by atoms with Crippen LogP contribution in [0, 0.1) is 0 Å². The molecule has 0 bridgehead atoms. The highest BCUT2D eigenvalue weighted by Crippen LogP contribution is 2.39. The summed E-state index contributed by atoms with van der Waals surface area (Å²) in [5, 5.41) is 13.5. The normalized spacial score (nSPS) is 27.2. The predicted octanol–water partition coefficient (Wildman–Crippen LogP) is 2.83. The van der Waals surface area contributed by atoms with Crippen molar-refractivity contribution in [3.8, 4) is 0 Å². The molecule has 0 aromatic heterocycles. The molecule has 1 aliphatic rings. The van der Waals surface area contributed by atoms with Crippen LogP contribution < -0.4 is 5.32 Å². The van der Waals surface area contributed by atoms with Gasteiger partial charge in [0.15, 0.2) is 0 Å². The number of benzene rings is 1. The lowest BCUT2D eigenvalue weighted by Gasteiger charge is -2.37. The number of aliphatic hydroxyl groups excluding tert-OH is 1. The number of ether oxygens (including phenoxy) is 1. The molecular weight excluding hydrogens is 250 g/mol. The van der Waals surface area contributed by atoms with Gasteiger partial charge in [-0.3, -0.25) is 5.32 Å². The second-order valence-electron chi connectivity index (χ2n) is 7.22. The minimum Gasteiger partial charge on any atom is -0.394 e. The molecule has 3 heteroatoms. The van der Waals surface area contributed by atoms with Gasteiger partial charge in [-0.2, -0.15) is 0 Å². The van der Waals surface area contributed by atoms with Crippen LogP contribution >= 0.6 is 0 Å². The zero-order chi connectivity index (χ0) is 15.0. The maximum Gasteiger partial charge on any atom is 0.0787 e. The molecule has 0 aliphatic carbocycles. The summed E-state index contributed by atoms with van der Waals surface area (Å²) in [6.07, 6.45) is 0.933. The van der Waals surface area contributed by atoms with Crippen molar-refractivity contribution in [2.45, 2.75) is 63.8 Å². The van der Waals surface area contributed by atoms with Crippen LogP contribution in [0.1, 0.15) is 46.6 Å². The van der Waals surface area contributed by atoms with Crippen molar-refractivity contribution in [3.05, 3.63) is 35.9 Å². The second-order valence-corrected chi connectivity index (χ2v) is 7.22. The Morgan fingerprint density at radius 2 is 1.85 bits per heavy atom. The third-order valence-electron chi connectivity index (χ3n) is 4.29. The van der Waals surface area contributed by atoms with Gasteiger partial charge in [-0.05, 0) is 46.6 Å². The minimum atomic E-state index is -0.451. The van der Waals surface area contributed by atoms with E-state index in [0.717, 1.165) is 12.0 Å². The zero-order valence-electron chi connectivity index (χ0n) is 13.2. The number of hydrogen-bond acceptors (Lipinski definition) is 3. The van der Waals surface area contributed by atoms with Gasteiger partial charge in [-0.1, -0.05) is 30.3 Å². The molecule has 20 heavy (non-hydrogen) atoms. The Hall–Kier alpha value is -0.900. The second kappa shape index (κ2) is 5.14. The smallest absolute Gasteiger partial charge is 0.0787 e. The van der Waals surface area contributed by atoms with Crippen molar-refractivity contribution >= 4 is 0 Å². The van der Waals surface area contributed by atoms with Crippen molar-refractivity contribution < 1.29 is 9.84 Å². The topological polar surface area (TPSA) is 41.5 Å². The van der Waals surface area contributed by atoms with Gasteiger partial charge in [0.05, 0.1) is 23.3 Å². The molecule has 2 rings (SSSR count). The summed E-state index contributed by atoms with van der Waals surface area (Å²) in [7, 11) is 0. The highest BCUT2D eigenvalue weighted by molar-refractivity contribution is 5.24. The van der Waals surface area contributed by atoms with E-state index in [4.69, 9.17) is 4.74 Å². The van der Waals surface area contributed by atoms with Gasteiger partial charge in [0.2, 0.25) is 0 Å². The molecule has 0 spiro atoms. The third-order valence-corrected chi connectivity index (χ3v) is 4.29. The molecule has 2 atom stereocenters. The highest BCUT2D eigenvalue weighted by Gasteiger charge is 2.48. The first-order chi connectivity index (χ1) is 9.19. The molecule has 1 aromatic rings. The van der Waals surface area contributed by atoms with Gasteiger partial charge in [0.1, 0.15) is 0 Å². The summed E-state index contributed by atoms with van der Waals surface area (Å²) in [5.74, 6) is 0. The standard InChI is InChI=1S/C17H27NO2/c1-15(2)11-14(16(3,4)20-15)18-17(5,12-19)13-9-7-6-8-10-13/h6-10,14,18-19H,11-12H2,1-5H3. The third kappa shape index (κ3) is 3.05. The predicted molar refractivity (Wildman–Crippen MR) is 81.7 cm³/mol. The number of rotatable bonds is 4. The lowest BCUT2D eigenvalue weighted by molar-refractivity contribution is -0.0723. The molecule has 1 saturated heterocycles. The van der Waals surface area contributed by atoms with Gasteiger partial charge < -0.3 is 9.84 Å². The first kappa shape index (κ1) is 15.5. The Balaban J connectivity index is 2.23. The van der Waals surface area contributed by atoms with Crippen LogP contribution in [0.4, 0.5) is 0 Å². The zero-order valence-corrected chi connectivity index (χ0v) is 13.2. The number of aliphatic hydroxyl groups is 1. The summed E-state index contributed by atoms with van der Waals surface area (Å²) in [6, 6.07) is 10.3. The van der Waals surface area contributed by atoms with E-state index in [1.807, 2.05) is 25.1 Å². The monoisotopic (exact) mass is 277 g/mol. The van der Waals surface area contributed by atoms with Gasteiger partial charge in [-0.15, -0.1) is 0 Å². The van der Waals surface area contributed by atoms with Crippen LogP contribution in [-0.2, 0) is 10.3 Å². The van der Waals surface area contributed by atoms with E-state index in [1.165, 1.54) is 0 Å². The molecule has 1 aromatic carbocycles. The van der Waals surface area contributed by atoms with Crippen LogP contribution in [0.15, 0.2) is 30.3 Å². The summed E-state index contributed by atoms with van der Waals surface area (Å²) in [5.41, 5.74) is 0.277. The molecule has 112 valence electrons. The van der Waals surface area contributed by atoms with Gasteiger partial charge in [-0.25, -0.2) is 0 Å². The molecule has 1 aliphatic heterocycles. The molecule has 2 N–H and O–H groups in total. The highest BCUT2D eigenvalue weighted by atomic mass is 16.5. The van der Waals surface area contributed by atoms with E-state index in [-0.39, 0.29) is 23.9 Å². The SMILES string of the molecule is CC1(C)CC(NC(C)(CO)c2ccccc2)C(C)(C)O1. The maximum atomic E-state index is 9.90. The average molecular weight is 277 g/mol. The Morgan fingerprint density at radius 1 is 1.25 bits per heavy atom. The van der Waals surface area contributed by atoms with E-state index >= 15 is 0 Å². The fourth-order valence-corrected chi connectivity index (χ4v) is 3.20. The lowest BCUT2D eigenvalue weighted by atomic mass is 9.87. The summed E-state index contributed by atoms with van der Waals surface area (Å²) in [4.78, 5) is 0. The van der Waals surface area contributed by atoms with E-state index in [0.29, 0.717) is 0 Å². The molecule has 1 fully saturated rings. The molecule has 3 nitrogen and oxygen atoms in total. The van der Waals surface area contributed by atoms with E-state index in [2.05, 4.69) is 45.1 Å². The molecular formula is C17H27NO2. The van der Waals surface area contributed by atoms with Crippen molar-refractivity contribution in [2.24, 2.45) is 0 Å². The summed E-state index contributed by atoms with van der Waals surface area (Å²) >= 11 is 0. The van der Waals surface area contributed by atoms with Crippen LogP contribution in [0.3, 0.4) is 0 Å². The Labute approximate surface area is 122 Å². The van der Waals surface area contributed by atoms with Crippen LogP contribution in [0.2, 0.25) is 0 Å². The van der Waals surface area contributed by atoms with Crippen molar-refractivity contribution in [1.29, 1.82) is 0 Å². The van der Waals surface area contributed by atoms with E-state index < -0.39 is 5.54 Å². The number of nitrogens with one attached hydrogen (secondary N) is 1. The van der Waals surface area contributed by atoms with Crippen molar-refractivity contribution in [1.82, 2.24) is 5.32 Å². The van der Waals surface area contributed by atoms with Crippen LogP contribution in [-0.4, -0.2) is 29.0 Å². The molecule has 0 saturated carbocycles. The fraction of sp³-hybridized carbons (Fsp3) is 0.647. The molecule has 1 heterocycles. The number of hydrogen-bond donors (Lipinski definition) is 2. The fourth-order valence-electron chi connectivity index (χ4n) is 3.20. The Morgan fingerprint density at radius 3 is 2.30 bits per heavy atom. The van der Waals surface area contributed by atoms with Crippen LogP contribution in [0.25, 0.3) is 0 Å². The first-order valence-electron chi connectivity index (χ1n) is 7.33. The van der Waals surface area contributed by atoms with Crippen molar-refractivity contribution in [2.75, 3.05) is 6.61 Å². The minimum absolute atomic E-state index is 0.0595. The largest absolute Gasteiger partial charge is 0.394 e. The van der Waals surface area contributed by atoms with Crippen molar-refractivity contribution in [3.63, 3.8) is 0 Å². The van der Waals surface area contributed by atoms with Crippen LogP contribution in [0.5, 0.6) is 0 Å². The maximum absolute atomic E-state index is 9.90. The molecule has 2 unspecified atom stereocenters. The average Bonchev–Trinajstić information content (AvgIpc) is 2.58. The summed E-state index contributed by atoms with van der Waals surface area (Å²) in [6.45, 7) is 10.6. The quantitative estimate of drug-likeness (QED) is 0.889.